The molecule has 0 heterocycles. The molecule has 0 aromatic rings. The van der Waals surface area contributed by atoms with Crippen molar-refractivity contribution in [1.82, 2.24) is 0 Å². The summed E-state index contributed by atoms with van der Waals surface area (Å²) in [5, 5.41) is 44.2. The standard InChI is InChI=1S/Cu.Li.3NO3/c;;3*2-1(3)4/q+2;+1;3*-1. The molecule has 0 bridgehead atoms. The van der Waals surface area contributed by atoms with E-state index in [9.17, 15) is 0 Å². The minimum atomic E-state index is -1.75. The summed E-state index contributed by atoms with van der Waals surface area (Å²) in [4.78, 5) is 24.8. The molecule has 0 rings (SSSR count). The van der Waals surface area contributed by atoms with Gasteiger partial charge in [-0.05, 0) is 0 Å². The third-order valence-corrected chi connectivity index (χ3v) is 0. The molecular weight excluding hydrogens is 256 g/mol. The van der Waals surface area contributed by atoms with Crippen LogP contribution in [0, 0.1) is 46.0 Å². The van der Waals surface area contributed by atoms with Gasteiger partial charge in [0, 0.05) is 0 Å². The summed E-state index contributed by atoms with van der Waals surface area (Å²) >= 11 is 0. The van der Waals surface area contributed by atoms with Crippen LogP contribution in [0.2, 0.25) is 0 Å². The van der Waals surface area contributed by atoms with Gasteiger partial charge < -0.3 is 46.0 Å². The summed E-state index contributed by atoms with van der Waals surface area (Å²) in [6.45, 7) is 0. The SMILES string of the molecule is O=[N+]([O-])[O-].O=[N+]([O-])[O-].O=[N+]([O-])[O-].[Cu+2].[Li+]. The zero-order chi connectivity index (χ0) is 10.7. The van der Waals surface area contributed by atoms with Crippen LogP contribution in [-0.4, -0.2) is 15.3 Å². The third-order valence-electron chi connectivity index (χ3n) is 0. The normalized spacial score (nSPS) is 5.14. The van der Waals surface area contributed by atoms with Crippen LogP contribution in [0.5, 0.6) is 0 Å². The molecule has 14 heteroatoms. The summed E-state index contributed by atoms with van der Waals surface area (Å²) in [6, 6.07) is 0. The molecule has 1 radical (unpaired) electrons. The molecule has 0 aromatic carbocycles. The average molecular weight is 256 g/mol. The Hall–Kier alpha value is -1.28. The monoisotopic (exact) mass is 256 g/mol. The molecule has 0 fully saturated rings. The maximum Gasteiger partial charge on any atom is 2.00 e. The van der Waals surface area contributed by atoms with E-state index in [-0.39, 0.29) is 35.9 Å². The fourth-order valence-corrected chi connectivity index (χ4v) is 0. The Morgan fingerprint density at radius 3 is 0.571 bits per heavy atom. The van der Waals surface area contributed by atoms with E-state index in [4.69, 9.17) is 46.0 Å². The molecule has 0 saturated carbocycles. The molecule has 0 aliphatic carbocycles. The molecular formula is CuLiN3O9. The van der Waals surface area contributed by atoms with Gasteiger partial charge in [-0.15, -0.1) is 0 Å². The van der Waals surface area contributed by atoms with E-state index in [1.807, 2.05) is 0 Å². The number of nitrogens with zero attached hydrogens (tertiary/aromatic N) is 3. The van der Waals surface area contributed by atoms with Gasteiger partial charge in [-0.2, -0.15) is 0 Å². The molecule has 0 amide bonds. The number of hydrogen-bond acceptors (Lipinski definition) is 9. The predicted octanol–water partition coefficient (Wildman–Crippen LogP) is -3.72. The maximum atomic E-state index is 8.25. The van der Waals surface area contributed by atoms with Gasteiger partial charge in [0.2, 0.25) is 0 Å². The van der Waals surface area contributed by atoms with Crippen LogP contribution in [0.1, 0.15) is 0 Å². The first-order valence-corrected chi connectivity index (χ1v) is 1.64. The topological polar surface area (TPSA) is 199 Å². The second kappa shape index (κ2) is 22.6. The van der Waals surface area contributed by atoms with Crippen molar-refractivity contribution in [3.63, 3.8) is 0 Å². The van der Waals surface area contributed by atoms with E-state index >= 15 is 0 Å². The van der Waals surface area contributed by atoms with Gasteiger partial charge >= 0.3 is 35.9 Å². The van der Waals surface area contributed by atoms with Gasteiger partial charge in [-0.3, -0.25) is 0 Å². The summed E-state index contributed by atoms with van der Waals surface area (Å²) in [5.41, 5.74) is 0. The van der Waals surface area contributed by atoms with Crippen LogP contribution in [0.25, 0.3) is 0 Å². The molecule has 0 N–H and O–H groups in total. The molecule has 0 aromatic heterocycles. The molecule has 0 saturated heterocycles. The first kappa shape index (κ1) is 29.3. The van der Waals surface area contributed by atoms with Crippen molar-refractivity contribution in [3.8, 4) is 0 Å². The fourth-order valence-electron chi connectivity index (χ4n) is 0. The second-order valence-electron chi connectivity index (χ2n) is 0.671. The Labute approximate surface area is 97.5 Å². The smallest absolute Gasteiger partial charge is 0.356 e. The first-order valence-electron chi connectivity index (χ1n) is 1.64. The minimum Gasteiger partial charge on any atom is -0.356 e. The van der Waals surface area contributed by atoms with Crippen LogP contribution in [0.3, 0.4) is 0 Å². The molecule has 0 aliphatic heterocycles. The molecule has 0 atom stereocenters. The van der Waals surface area contributed by atoms with Gasteiger partial charge in [-0.1, -0.05) is 0 Å². The van der Waals surface area contributed by atoms with Gasteiger partial charge in [0.1, 0.15) is 0 Å². The van der Waals surface area contributed by atoms with E-state index in [0.29, 0.717) is 0 Å². The van der Waals surface area contributed by atoms with Gasteiger partial charge in [0.15, 0.2) is 0 Å². The van der Waals surface area contributed by atoms with E-state index in [0.717, 1.165) is 0 Å². The largest absolute Gasteiger partial charge is 2.00 e. The van der Waals surface area contributed by atoms with Gasteiger partial charge in [0.05, 0.1) is 15.3 Å². The predicted molar refractivity (Wildman–Crippen MR) is 31.1 cm³/mol. The number of rotatable bonds is 0. The van der Waals surface area contributed by atoms with Gasteiger partial charge in [0.25, 0.3) is 0 Å². The van der Waals surface area contributed by atoms with Crippen LogP contribution in [0.15, 0.2) is 0 Å². The van der Waals surface area contributed by atoms with E-state index < -0.39 is 15.3 Å². The quantitative estimate of drug-likeness (QED) is 0.237. The van der Waals surface area contributed by atoms with Crippen molar-refractivity contribution in [1.29, 1.82) is 0 Å². The van der Waals surface area contributed by atoms with E-state index in [2.05, 4.69) is 0 Å². The Morgan fingerprint density at radius 1 is 0.571 bits per heavy atom. The van der Waals surface area contributed by atoms with Crippen molar-refractivity contribution < 1.29 is 51.2 Å². The summed E-state index contributed by atoms with van der Waals surface area (Å²) in [5.74, 6) is 0. The molecule has 14 heavy (non-hydrogen) atoms. The van der Waals surface area contributed by atoms with Crippen molar-refractivity contribution >= 4 is 0 Å². The number of hydrogen-bond donors (Lipinski definition) is 0. The summed E-state index contributed by atoms with van der Waals surface area (Å²) in [7, 11) is 0. The Morgan fingerprint density at radius 2 is 0.571 bits per heavy atom. The Balaban J connectivity index is -0.0000000270. The van der Waals surface area contributed by atoms with E-state index in [1.165, 1.54) is 0 Å². The summed E-state index contributed by atoms with van der Waals surface area (Å²) in [6.07, 6.45) is 0. The zero-order valence-corrected chi connectivity index (χ0v) is 7.26. The molecule has 0 spiro atoms. The van der Waals surface area contributed by atoms with Crippen molar-refractivity contribution in [2.24, 2.45) is 0 Å². The fraction of sp³-hybridized carbons (Fsp3) is 0. The second-order valence-corrected chi connectivity index (χ2v) is 0.671. The molecule has 12 nitrogen and oxygen atoms in total. The Kier molecular flexibility index (Phi) is 47.3. The van der Waals surface area contributed by atoms with Crippen LogP contribution in [-0.2, 0) is 17.1 Å². The summed E-state index contributed by atoms with van der Waals surface area (Å²) < 4.78 is 0. The van der Waals surface area contributed by atoms with Crippen LogP contribution in [0.4, 0.5) is 0 Å². The third kappa shape index (κ3) is 615. The molecule has 0 aliphatic rings. The van der Waals surface area contributed by atoms with E-state index in [1.54, 1.807) is 0 Å². The maximum absolute atomic E-state index is 8.25. The Bertz CT molecular complexity index is 118. The van der Waals surface area contributed by atoms with Crippen molar-refractivity contribution in [2.45, 2.75) is 0 Å². The van der Waals surface area contributed by atoms with Crippen LogP contribution >= 0.6 is 0 Å². The zero-order valence-electron chi connectivity index (χ0n) is 6.32. The minimum absolute atomic E-state index is 0. The molecule has 0 unspecified atom stereocenters. The molecule has 81 valence electrons. The first-order chi connectivity index (χ1) is 5.20. The van der Waals surface area contributed by atoms with Crippen molar-refractivity contribution in [2.75, 3.05) is 0 Å². The van der Waals surface area contributed by atoms with Crippen molar-refractivity contribution in [3.05, 3.63) is 46.0 Å². The average Bonchev–Trinajstić information content (AvgIpc) is 1.54. The van der Waals surface area contributed by atoms with Crippen LogP contribution < -0.4 is 18.9 Å². The van der Waals surface area contributed by atoms with Gasteiger partial charge in [-0.25, -0.2) is 0 Å².